The number of carbonyl (C=O) groups excluding carboxylic acids is 2. The molecule has 1 heterocycles. The van der Waals surface area contributed by atoms with Gasteiger partial charge in [-0.15, -0.1) is 0 Å². The van der Waals surface area contributed by atoms with Gasteiger partial charge in [0.25, 0.3) is 0 Å². The smallest absolute Gasteiger partial charge is 0.412 e. The Morgan fingerprint density at radius 3 is 2.62 bits per heavy atom. The van der Waals surface area contributed by atoms with E-state index in [0.717, 1.165) is 6.07 Å². The molecule has 3 rings (SSSR count). The van der Waals surface area contributed by atoms with Crippen LogP contribution in [-0.4, -0.2) is 28.1 Å². The highest BCUT2D eigenvalue weighted by atomic mass is 35.5. The van der Waals surface area contributed by atoms with Crippen LogP contribution in [0.5, 0.6) is 0 Å². The molecule has 2 aromatic carbocycles. The minimum Gasteiger partial charge on any atom is -0.481 e. The van der Waals surface area contributed by atoms with Gasteiger partial charge in [-0.3, -0.25) is 14.9 Å². The molecule has 0 aliphatic heterocycles. The summed E-state index contributed by atoms with van der Waals surface area (Å²) in [4.78, 5) is 35.0. The predicted molar refractivity (Wildman–Crippen MR) is 122 cm³/mol. The van der Waals surface area contributed by atoms with Crippen LogP contribution in [0.2, 0.25) is 5.02 Å². The summed E-state index contributed by atoms with van der Waals surface area (Å²) in [5, 5.41) is 15.5. The number of nitrogens with zero attached hydrogens (tertiary/aromatic N) is 1. The van der Waals surface area contributed by atoms with Crippen LogP contribution in [0.1, 0.15) is 42.7 Å². The summed E-state index contributed by atoms with van der Waals surface area (Å²) in [5.41, 5.74) is 1.48. The van der Waals surface area contributed by atoms with Gasteiger partial charge in [0.15, 0.2) is 5.76 Å². The van der Waals surface area contributed by atoms with Crippen molar-refractivity contribution >= 4 is 35.1 Å². The highest BCUT2D eigenvalue weighted by Gasteiger charge is 2.23. The third-order valence-electron chi connectivity index (χ3n) is 5.01. The van der Waals surface area contributed by atoms with Gasteiger partial charge in [0, 0.05) is 23.4 Å². The van der Waals surface area contributed by atoms with Crippen molar-refractivity contribution in [3.8, 4) is 11.3 Å². The zero-order valence-electron chi connectivity index (χ0n) is 18.4. The van der Waals surface area contributed by atoms with E-state index in [4.69, 9.17) is 26.0 Å². The van der Waals surface area contributed by atoms with Crippen LogP contribution in [0.25, 0.3) is 11.3 Å². The molecule has 2 N–H and O–H groups in total. The Kier molecular flexibility index (Phi) is 8.01. The van der Waals surface area contributed by atoms with Crippen molar-refractivity contribution in [2.24, 2.45) is 0 Å². The van der Waals surface area contributed by atoms with Crippen LogP contribution in [0.15, 0.2) is 47.0 Å². The Labute approximate surface area is 199 Å². The maximum Gasteiger partial charge on any atom is 0.412 e. The molecular formula is C24H22ClFN2O6. The van der Waals surface area contributed by atoms with Gasteiger partial charge in [0.2, 0.25) is 0 Å². The Morgan fingerprint density at radius 1 is 1.21 bits per heavy atom. The van der Waals surface area contributed by atoms with Gasteiger partial charge in [-0.1, -0.05) is 41.0 Å². The second-order valence-electron chi connectivity index (χ2n) is 7.59. The van der Waals surface area contributed by atoms with E-state index >= 15 is 0 Å². The number of aromatic nitrogens is 1. The van der Waals surface area contributed by atoms with E-state index < -0.39 is 24.0 Å². The average Bonchev–Trinajstić information content (AvgIpc) is 3.12. The van der Waals surface area contributed by atoms with Crippen molar-refractivity contribution in [3.63, 3.8) is 0 Å². The molecule has 0 saturated heterocycles. The number of Topliss-reactive ketones (excluding diaryl/α,β-unsaturated/α-hetero) is 1. The minimum atomic E-state index is -1.07. The monoisotopic (exact) mass is 488 g/mol. The zero-order chi connectivity index (χ0) is 24.8. The van der Waals surface area contributed by atoms with Crippen LogP contribution < -0.4 is 5.32 Å². The molecule has 8 nitrogen and oxygen atoms in total. The van der Waals surface area contributed by atoms with Crippen molar-refractivity contribution in [3.05, 3.63) is 70.1 Å². The van der Waals surface area contributed by atoms with Gasteiger partial charge in [0.1, 0.15) is 29.1 Å². The number of amides is 1. The third-order valence-corrected chi connectivity index (χ3v) is 5.36. The summed E-state index contributed by atoms with van der Waals surface area (Å²) in [7, 11) is 0. The fourth-order valence-corrected chi connectivity index (χ4v) is 3.57. The van der Waals surface area contributed by atoms with Crippen LogP contribution in [0.3, 0.4) is 0 Å². The molecule has 178 valence electrons. The number of rotatable bonds is 9. The normalized spacial score (nSPS) is 11.6. The first-order valence-corrected chi connectivity index (χ1v) is 10.7. The lowest BCUT2D eigenvalue weighted by Crippen LogP contribution is -2.17. The van der Waals surface area contributed by atoms with Crippen LogP contribution in [0.4, 0.5) is 14.9 Å². The van der Waals surface area contributed by atoms with E-state index in [1.54, 1.807) is 38.1 Å². The molecule has 1 atom stereocenters. The first-order valence-electron chi connectivity index (χ1n) is 10.4. The molecule has 0 unspecified atom stereocenters. The van der Waals surface area contributed by atoms with Crippen molar-refractivity contribution in [1.82, 2.24) is 5.16 Å². The lowest BCUT2D eigenvalue weighted by Gasteiger charge is -2.15. The number of carboxylic acids is 1. The fourth-order valence-electron chi connectivity index (χ4n) is 3.28. The molecule has 3 aromatic rings. The molecule has 0 saturated carbocycles. The molecule has 0 aliphatic carbocycles. The molecule has 0 bridgehead atoms. The Morgan fingerprint density at radius 2 is 1.94 bits per heavy atom. The number of nitrogens with one attached hydrogen (secondary N) is 1. The first kappa shape index (κ1) is 24.9. The van der Waals surface area contributed by atoms with Crippen molar-refractivity contribution in [1.29, 1.82) is 0 Å². The molecule has 10 heteroatoms. The van der Waals surface area contributed by atoms with Gasteiger partial charge in [-0.05, 0) is 37.6 Å². The summed E-state index contributed by atoms with van der Waals surface area (Å²) in [6, 6.07) is 11.0. The van der Waals surface area contributed by atoms with E-state index in [1.807, 2.05) is 0 Å². The second kappa shape index (κ2) is 10.9. The lowest BCUT2D eigenvalue weighted by molar-refractivity contribution is -0.138. The number of aliphatic carboxylic acids is 1. The number of aryl methyl sites for hydroxylation is 1. The van der Waals surface area contributed by atoms with Gasteiger partial charge in [0.05, 0.1) is 12.0 Å². The van der Waals surface area contributed by atoms with Crippen LogP contribution in [0, 0.1) is 12.7 Å². The summed E-state index contributed by atoms with van der Waals surface area (Å²) < 4.78 is 25.5. The summed E-state index contributed by atoms with van der Waals surface area (Å²) >= 11 is 6.14. The van der Waals surface area contributed by atoms with Crippen LogP contribution >= 0.6 is 11.6 Å². The van der Waals surface area contributed by atoms with E-state index in [0.29, 0.717) is 21.8 Å². The average molecular weight is 489 g/mol. The minimum absolute atomic E-state index is 0.0129. The maximum atomic E-state index is 14.9. The molecular weight excluding hydrogens is 467 g/mol. The van der Waals surface area contributed by atoms with Crippen molar-refractivity contribution < 1.29 is 33.1 Å². The second-order valence-corrected chi connectivity index (χ2v) is 8.00. The van der Waals surface area contributed by atoms with Gasteiger partial charge < -0.3 is 14.4 Å². The van der Waals surface area contributed by atoms with Gasteiger partial charge >= 0.3 is 12.1 Å². The number of ether oxygens (including phenoxy) is 1. The number of hydrogen-bond acceptors (Lipinski definition) is 6. The number of halogens is 2. The Hall–Kier alpha value is -3.72. The number of anilines is 1. The summed E-state index contributed by atoms with van der Waals surface area (Å²) in [5.74, 6) is -2.10. The molecule has 0 spiro atoms. The van der Waals surface area contributed by atoms with Crippen molar-refractivity contribution in [2.75, 3.05) is 5.32 Å². The fraction of sp³-hybridized carbons (Fsp3) is 0.250. The Bertz CT molecular complexity index is 1230. The largest absolute Gasteiger partial charge is 0.481 e. The number of carboxylic acid groups (broad SMARTS) is 1. The summed E-state index contributed by atoms with van der Waals surface area (Å²) in [6.45, 7) is 3.24. The quantitative estimate of drug-likeness (QED) is 0.394. The lowest BCUT2D eigenvalue weighted by atomic mass is 10.0. The van der Waals surface area contributed by atoms with E-state index in [1.165, 1.54) is 12.1 Å². The first-order chi connectivity index (χ1) is 16.2. The predicted octanol–water partition coefficient (Wildman–Crippen LogP) is 5.73. The van der Waals surface area contributed by atoms with Gasteiger partial charge in [-0.25, -0.2) is 9.18 Å². The van der Waals surface area contributed by atoms with E-state index in [-0.39, 0.29) is 42.1 Å². The molecule has 1 amide bonds. The van der Waals surface area contributed by atoms with Crippen molar-refractivity contribution in [2.45, 2.75) is 39.2 Å². The standard InChI is InChI=1S/C24H22ClFN2O6/c1-13-22(27-24(32)33-14(2)17-5-3-4-6-19(17)25)23(34-28-13)18-9-7-15(12-20(18)26)11-16(29)8-10-21(30)31/h3-7,9,12,14H,8,10-11H2,1-2H3,(H,27,32)(H,30,31)/t14-/m1/s1. The van der Waals surface area contributed by atoms with E-state index in [9.17, 15) is 18.8 Å². The maximum absolute atomic E-state index is 14.9. The molecule has 0 radical (unpaired) electrons. The van der Waals surface area contributed by atoms with Gasteiger partial charge in [-0.2, -0.15) is 0 Å². The number of ketones is 1. The third kappa shape index (κ3) is 6.20. The van der Waals surface area contributed by atoms with E-state index in [2.05, 4.69) is 10.5 Å². The molecule has 1 aromatic heterocycles. The number of benzene rings is 2. The SMILES string of the molecule is Cc1noc(-c2ccc(CC(=O)CCC(=O)O)cc2F)c1NC(=O)O[C@H](C)c1ccccc1Cl. The Balaban J connectivity index is 1.73. The number of carbonyl (C=O) groups is 3. The highest BCUT2D eigenvalue weighted by molar-refractivity contribution is 6.31. The zero-order valence-corrected chi connectivity index (χ0v) is 19.2. The molecule has 0 aliphatic rings. The summed E-state index contributed by atoms with van der Waals surface area (Å²) in [6.07, 6.45) is -1.97. The highest BCUT2D eigenvalue weighted by Crippen LogP contribution is 2.34. The topological polar surface area (TPSA) is 119 Å². The number of hydrogen-bond donors (Lipinski definition) is 2. The molecule has 34 heavy (non-hydrogen) atoms. The van der Waals surface area contributed by atoms with Crippen LogP contribution in [-0.2, 0) is 20.7 Å². The molecule has 0 fully saturated rings.